The van der Waals surface area contributed by atoms with Crippen LogP contribution in [0.4, 0.5) is 17.1 Å². The van der Waals surface area contributed by atoms with Gasteiger partial charge in [0.05, 0.1) is 10.4 Å². The predicted molar refractivity (Wildman–Crippen MR) is 253 cm³/mol. The van der Waals surface area contributed by atoms with E-state index in [1.807, 2.05) is 23.5 Å². The molecule has 2 heterocycles. The first-order valence-corrected chi connectivity index (χ1v) is 20.9. The highest BCUT2D eigenvalue weighted by Gasteiger charge is 2.20. The zero-order valence-electron chi connectivity index (χ0n) is 32.0. The van der Waals surface area contributed by atoms with Crippen LogP contribution < -0.4 is 4.90 Å². The topological polar surface area (TPSA) is 16.4 Å². The number of furan rings is 1. The van der Waals surface area contributed by atoms with Gasteiger partial charge in [0.15, 0.2) is 0 Å². The molecule has 10 aromatic carbocycles. The zero-order chi connectivity index (χ0) is 38.9. The van der Waals surface area contributed by atoms with Crippen molar-refractivity contribution in [2.24, 2.45) is 0 Å². The summed E-state index contributed by atoms with van der Waals surface area (Å²) in [5, 5.41) is 9.89. The Balaban J connectivity index is 0.997. The van der Waals surface area contributed by atoms with E-state index in [1.165, 1.54) is 64.0 Å². The van der Waals surface area contributed by atoms with Crippen LogP contribution in [0.1, 0.15) is 0 Å². The van der Waals surface area contributed by atoms with Gasteiger partial charge in [-0.1, -0.05) is 158 Å². The Morgan fingerprint density at radius 3 is 1.63 bits per heavy atom. The van der Waals surface area contributed by atoms with E-state index < -0.39 is 0 Å². The van der Waals surface area contributed by atoms with Crippen molar-refractivity contribution < 1.29 is 4.42 Å². The minimum Gasteiger partial charge on any atom is -0.456 e. The molecule has 0 amide bonds. The first kappa shape index (κ1) is 33.7. The third-order valence-corrected chi connectivity index (χ3v) is 13.1. The zero-order valence-corrected chi connectivity index (χ0v) is 32.8. The number of benzene rings is 10. The maximum atomic E-state index is 6.15. The fraction of sp³-hybridized carbons (Fsp3) is 0. The van der Waals surface area contributed by atoms with Gasteiger partial charge in [0, 0.05) is 37.6 Å². The van der Waals surface area contributed by atoms with Crippen molar-refractivity contribution in [1.29, 1.82) is 0 Å². The molecule has 3 heteroatoms. The average Bonchev–Trinajstić information content (AvgIpc) is 3.88. The Bertz CT molecular complexity index is 3540. The Kier molecular flexibility index (Phi) is 7.75. The molecule has 0 aliphatic rings. The maximum Gasteiger partial charge on any atom is 0.135 e. The van der Waals surface area contributed by atoms with Gasteiger partial charge >= 0.3 is 0 Å². The molecule has 12 rings (SSSR count). The Morgan fingerprint density at radius 1 is 0.322 bits per heavy atom. The van der Waals surface area contributed by atoms with Crippen LogP contribution in [-0.2, 0) is 0 Å². The molecule has 2 aromatic heterocycles. The summed E-state index contributed by atoms with van der Waals surface area (Å²) in [6, 6.07) is 77.0. The number of nitrogens with zero attached hydrogens (tertiary/aromatic N) is 1. The minimum atomic E-state index is 0.907. The lowest BCUT2D eigenvalue weighted by Crippen LogP contribution is -2.10. The van der Waals surface area contributed by atoms with Crippen molar-refractivity contribution in [3.8, 4) is 33.4 Å². The van der Waals surface area contributed by atoms with E-state index in [1.54, 1.807) is 0 Å². The van der Waals surface area contributed by atoms with E-state index in [9.17, 15) is 0 Å². The van der Waals surface area contributed by atoms with Crippen LogP contribution in [0.25, 0.3) is 97.0 Å². The fourth-order valence-corrected chi connectivity index (χ4v) is 10.3. The number of anilines is 3. The number of para-hydroxylation sites is 1. The molecule has 0 radical (unpaired) electrons. The number of rotatable bonds is 6. The molecular weight excluding hydrogens is 735 g/mol. The molecule has 0 bridgehead atoms. The minimum absolute atomic E-state index is 0.907. The lowest BCUT2D eigenvalue weighted by Gasteiger charge is -2.26. The summed E-state index contributed by atoms with van der Waals surface area (Å²) in [5.41, 5.74) is 12.4. The number of hydrogen-bond acceptors (Lipinski definition) is 3. The maximum absolute atomic E-state index is 6.15. The summed E-state index contributed by atoms with van der Waals surface area (Å²) >= 11 is 1.88. The highest BCUT2D eigenvalue weighted by Crippen LogP contribution is 2.47. The normalized spacial score (nSPS) is 11.7. The van der Waals surface area contributed by atoms with Crippen molar-refractivity contribution in [3.63, 3.8) is 0 Å². The van der Waals surface area contributed by atoms with Crippen molar-refractivity contribution >= 4 is 92.1 Å². The number of fused-ring (bicyclic) bond motifs is 9. The summed E-state index contributed by atoms with van der Waals surface area (Å²) in [6.07, 6.45) is 0. The third-order valence-electron chi connectivity index (χ3n) is 11.9. The Hall–Kier alpha value is -7.46. The monoisotopic (exact) mass is 769 g/mol. The summed E-state index contributed by atoms with van der Waals surface area (Å²) in [4.78, 5) is 2.42. The molecule has 0 spiro atoms. The standard InChI is InChI=1S/C56H35NOS/c1-2-10-38(11-3-1)46-15-8-16-48-49-17-9-18-52(56(49)59-55(46)48)57(44-31-26-37(27-32-44)42-28-33-54-51(35-42)47-14-6-7-19-53(47)58-54)43-29-24-36(25-30-43)41-23-22-40-21-20-39-12-4-5-13-45(39)50(40)34-41/h1-35H. The summed E-state index contributed by atoms with van der Waals surface area (Å²) in [7, 11) is 0. The fourth-order valence-electron chi connectivity index (χ4n) is 8.95. The van der Waals surface area contributed by atoms with E-state index >= 15 is 0 Å². The Labute approximate surface area is 345 Å². The molecule has 2 nitrogen and oxygen atoms in total. The van der Waals surface area contributed by atoms with Gasteiger partial charge in [-0.2, -0.15) is 0 Å². The van der Waals surface area contributed by atoms with E-state index in [4.69, 9.17) is 4.42 Å². The quantitative estimate of drug-likeness (QED) is 0.157. The SMILES string of the molecule is c1ccc(-c2cccc3c2sc2c(N(c4ccc(-c5ccc6ccc7ccccc7c6c5)cc4)c4ccc(-c5ccc6oc7ccccc7c6c5)cc4)cccc23)cc1. The van der Waals surface area contributed by atoms with E-state index in [0.717, 1.165) is 50.1 Å². The highest BCUT2D eigenvalue weighted by atomic mass is 32.1. The predicted octanol–water partition coefficient (Wildman–Crippen LogP) is 16.7. The van der Waals surface area contributed by atoms with Crippen LogP contribution in [0.2, 0.25) is 0 Å². The van der Waals surface area contributed by atoms with Crippen LogP contribution in [0.15, 0.2) is 217 Å². The molecule has 0 N–H and O–H groups in total. The smallest absolute Gasteiger partial charge is 0.135 e. The van der Waals surface area contributed by atoms with Gasteiger partial charge in [-0.25, -0.2) is 0 Å². The van der Waals surface area contributed by atoms with E-state index in [2.05, 4.69) is 205 Å². The van der Waals surface area contributed by atoms with Crippen LogP contribution in [0.3, 0.4) is 0 Å². The highest BCUT2D eigenvalue weighted by molar-refractivity contribution is 7.27. The molecule has 0 atom stereocenters. The lowest BCUT2D eigenvalue weighted by atomic mass is 9.97. The summed E-state index contributed by atoms with van der Waals surface area (Å²) < 4.78 is 8.71. The van der Waals surface area contributed by atoms with E-state index in [-0.39, 0.29) is 0 Å². The van der Waals surface area contributed by atoms with Gasteiger partial charge in [0.1, 0.15) is 11.2 Å². The molecule has 0 unspecified atom stereocenters. The van der Waals surface area contributed by atoms with Crippen molar-refractivity contribution in [1.82, 2.24) is 0 Å². The number of thiophene rings is 1. The molecular formula is C56H35NOS. The molecule has 0 saturated heterocycles. The van der Waals surface area contributed by atoms with Crippen LogP contribution in [-0.4, -0.2) is 0 Å². The molecule has 0 fully saturated rings. The van der Waals surface area contributed by atoms with Crippen LogP contribution in [0, 0.1) is 0 Å². The van der Waals surface area contributed by atoms with Crippen molar-refractivity contribution in [3.05, 3.63) is 212 Å². The van der Waals surface area contributed by atoms with Gasteiger partial charge in [0.2, 0.25) is 0 Å². The molecule has 0 aliphatic heterocycles. The van der Waals surface area contributed by atoms with Gasteiger partial charge in [-0.15, -0.1) is 11.3 Å². The second-order valence-corrected chi connectivity index (χ2v) is 16.3. The first-order valence-electron chi connectivity index (χ1n) is 20.1. The molecule has 12 aromatic rings. The molecule has 276 valence electrons. The molecule has 0 aliphatic carbocycles. The average molecular weight is 770 g/mol. The second-order valence-electron chi connectivity index (χ2n) is 15.3. The van der Waals surface area contributed by atoms with Crippen molar-refractivity contribution in [2.75, 3.05) is 4.90 Å². The number of hydrogen-bond donors (Lipinski definition) is 0. The second kappa shape index (κ2) is 13.6. The third kappa shape index (κ3) is 5.62. The van der Waals surface area contributed by atoms with Gasteiger partial charge < -0.3 is 9.32 Å². The largest absolute Gasteiger partial charge is 0.456 e. The molecule has 0 saturated carbocycles. The van der Waals surface area contributed by atoms with Crippen LogP contribution in [0.5, 0.6) is 0 Å². The van der Waals surface area contributed by atoms with Crippen molar-refractivity contribution in [2.45, 2.75) is 0 Å². The first-order chi connectivity index (χ1) is 29.2. The van der Waals surface area contributed by atoms with Gasteiger partial charge in [0.25, 0.3) is 0 Å². The van der Waals surface area contributed by atoms with E-state index in [0.29, 0.717) is 0 Å². The summed E-state index contributed by atoms with van der Waals surface area (Å²) in [6.45, 7) is 0. The van der Waals surface area contributed by atoms with Gasteiger partial charge in [-0.3, -0.25) is 0 Å². The van der Waals surface area contributed by atoms with Gasteiger partial charge in [-0.05, 0) is 110 Å². The lowest BCUT2D eigenvalue weighted by molar-refractivity contribution is 0.669. The Morgan fingerprint density at radius 2 is 0.864 bits per heavy atom. The summed E-state index contributed by atoms with van der Waals surface area (Å²) in [5.74, 6) is 0. The van der Waals surface area contributed by atoms with Crippen LogP contribution >= 0.6 is 11.3 Å². The molecule has 59 heavy (non-hydrogen) atoms.